The molecule has 0 radical (unpaired) electrons. The zero-order chi connectivity index (χ0) is 23.0. The highest BCUT2D eigenvalue weighted by Gasteiger charge is 2.23. The topological polar surface area (TPSA) is 64.8 Å². The molecule has 0 aliphatic carbocycles. The highest BCUT2D eigenvalue weighted by molar-refractivity contribution is 7.87. The van der Waals surface area contributed by atoms with E-state index in [0.717, 1.165) is 23.1 Å². The Balaban J connectivity index is 1.72. The summed E-state index contributed by atoms with van der Waals surface area (Å²) in [4.78, 5) is 13.6. The van der Waals surface area contributed by atoms with Gasteiger partial charge in [0.1, 0.15) is 10.6 Å². The second-order valence-corrected chi connectivity index (χ2v) is 9.53. The van der Waals surface area contributed by atoms with Crippen LogP contribution in [0.4, 0.5) is 0 Å². The third-order valence-electron chi connectivity index (χ3n) is 5.58. The van der Waals surface area contributed by atoms with E-state index in [2.05, 4.69) is 0 Å². The zero-order valence-electron chi connectivity index (χ0n) is 18.5. The Morgan fingerprint density at radius 3 is 2.22 bits per heavy atom. The zero-order valence-corrected chi connectivity index (χ0v) is 19.4. The Kier molecular flexibility index (Phi) is 5.65. The van der Waals surface area contributed by atoms with Crippen molar-refractivity contribution in [3.05, 3.63) is 100 Å². The van der Waals surface area contributed by atoms with E-state index >= 15 is 0 Å². The van der Waals surface area contributed by atoms with E-state index in [1.54, 1.807) is 38.1 Å². The van der Waals surface area contributed by atoms with Crippen LogP contribution >= 0.6 is 0 Å². The molecule has 2 aromatic heterocycles. The summed E-state index contributed by atoms with van der Waals surface area (Å²) in [5, 5.41) is 0. The fraction of sp³-hybridized carbons (Fsp3) is 0.192. The number of nitrogens with zero attached hydrogens (tertiary/aromatic N) is 1. The predicted molar refractivity (Wildman–Crippen MR) is 125 cm³/mol. The van der Waals surface area contributed by atoms with Crippen LogP contribution in [0.1, 0.15) is 45.2 Å². The van der Waals surface area contributed by atoms with Crippen LogP contribution in [0.15, 0.2) is 71.8 Å². The number of ketones is 1. The third-order valence-corrected chi connectivity index (χ3v) is 6.82. The number of fused-ring (bicyclic) bond motifs is 1. The molecule has 0 aliphatic heterocycles. The van der Waals surface area contributed by atoms with Gasteiger partial charge in [-0.2, -0.15) is 8.42 Å². The number of hydrogen-bond donors (Lipinski definition) is 0. The van der Waals surface area contributed by atoms with E-state index in [4.69, 9.17) is 4.18 Å². The molecule has 0 N–H and O–H groups in total. The molecule has 0 amide bonds. The molecule has 4 aromatic rings. The molecule has 0 saturated carbocycles. The maximum atomic E-state index is 13.5. The van der Waals surface area contributed by atoms with Gasteiger partial charge in [0.05, 0.1) is 5.69 Å². The quantitative estimate of drug-likeness (QED) is 0.292. The van der Waals surface area contributed by atoms with Crippen LogP contribution in [-0.4, -0.2) is 18.6 Å². The number of carbonyl (C=O) groups excluding carboxylic acids is 1. The summed E-state index contributed by atoms with van der Waals surface area (Å²) in [5.41, 5.74) is 5.19. The Morgan fingerprint density at radius 1 is 0.938 bits per heavy atom. The lowest BCUT2D eigenvalue weighted by atomic mass is 9.99. The van der Waals surface area contributed by atoms with Crippen LogP contribution in [0.2, 0.25) is 0 Å². The first kappa shape index (κ1) is 21.8. The van der Waals surface area contributed by atoms with Crippen molar-refractivity contribution in [3.8, 4) is 5.75 Å². The van der Waals surface area contributed by atoms with Crippen LogP contribution < -0.4 is 4.18 Å². The van der Waals surface area contributed by atoms with Crippen molar-refractivity contribution < 1.29 is 17.4 Å². The molecule has 5 nitrogen and oxygen atoms in total. The van der Waals surface area contributed by atoms with Crippen molar-refractivity contribution >= 4 is 21.4 Å². The van der Waals surface area contributed by atoms with Gasteiger partial charge in [0, 0.05) is 17.3 Å². The van der Waals surface area contributed by atoms with Crippen molar-refractivity contribution in [2.24, 2.45) is 0 Å². The van der Waals surface area contributed by atoms with Crippen LogP contribution in [-0.2, 0) is 16.5 Å². The number of aromatic nitrogens is 1. The fourth-order valence-corrected chi connectivity index (χ4v) is 4.96. The minimum Gasteiger partial charge on any atom is -0.378 e. The molecule has 0 fully saturated rings. The number of rotatable bonds is 6. The molecule has 0 unspecified atom stereocenters. The summed E-state index contributed by atoms with van der Waals surface area (Å²) in [6, 6.07) is 17.7. The maximum Gasteiger partial charge on any atom is 0.339 e. The highest BCUT2D eigenvalue weighted by atomic mass is 32.2. The van der Waals surface area contributed by atoms with E-state index in [-0.39, 0.29) is 16.4 Å². The predicted octanol–water partition coefficient (Wildman–Crippen LogP) is 5.43. The minimum atomic E-state index is -3.98. The lowest BCUT2D eigenvalue weighted by Crippen LogP contribution is -2.13. The molecule has 2 heterocycles. The van der Waals surface area contributed by atoms with E-state index in [9.17, 15) is 13.2 Å². The molecule has 0 aliphatic rings. The first-order valence-corrected chi connectivity index (χ1v) is 11.9. The van der Waals surface area contributed by atoms with E-state index in [1.807, 2.05) is 48.7 Å². The third kappa shape index (κ3) is 3.94. The number of aryl methyl sites for hydroxylation is 4. The number of hydrogen-bond acceptors (Lipinski definition) is 4. The second kappa shape index (κ2) is 8.28. The van der Waals surface area contributed by atoms with Crippen LogP contribution in [0.5, 0.6) is 5.75 Å². The summed E-state index contributed by atoms with van der Waals surface area (Å²) in [7, 11) is -3.98. The van der Waals surface area contributed by atoms with Gasteiger partial charge in [-0.15, -0.1) is 0 Å². The lowest BCUT2D eigenvalue weighted by molar-refractivity contribution is 0.103. The molecule has 6 heteroatoms. The van der Waals surface area contributed by atoms with Crippen LogP contribution in [0.25, 0.3) is 5.52 Å². The minimum absolute atomic E-state index is 0.0919. The SMILES string of the molecule is CCc1cc2ccccn2c1C(=O)c1cc(C)c(OS(=O)(=O)c2ccc(C)cc2)c(C)c1. The van der Waals surface area contributed by atoms with Gasteiger partial charge in [0.2, 0.25) is 5.78 Å². The Labute approximate surface area is 188 Å². The maximum absolute atomic E-state index is 13.5. The van der Waals surface area contributed by atoms with Gasteiger partial charge in [-0.25, -0.2) is 0 Å². The number of benzene rings is 2. The lowest BCUT2D eigenvalue weighted by Gasteiger charge is -2.14. The summed E-state index contributed by atoms with van der Waals surface area (Å²) >= 11 is 0. The van der Waals surface area contributed by atoms with Crippen molar-refractivity contribution in [3.63, 3.8) is 0 Å². The van der Waals surface area contributed by atoms with Crippen molar-refractivity contribution in [1.29, 1.82) is 0 Å². The van der Waals surface area contributed by atoms with Crippen molar-refractivity contribution in [2.75, 3.05) is 0 Å². The van der Waals surface area contributed by atoms with Gasteiger partial charge < -0.3 is 8.58 Å². The summed E-state index contributed by atoms with van der Waals surface area (Å²) in [6.07, 6.45) is 2.61. The second-order valence-electron chi connectivity index (χ2n) is 7.99. The van der Waals surface area contributed by atoms with Crippen molar-refractivity contribution in [1.82, 2.24) is 4.40 Å². The number of carbonyl (C=O) groups is 1. The summed E-state index contributed by atoms with van der Waals surface area (Å²) in [6.45, 7) is 7.41. The van der Waals surface area contributed by atoms with Gasteiger partial charge >= 0.3 is 10.1 Å². The molecule has 2 aromatic carbocycles. The first-order chi connectivity index (χ1) is 15.2. The van der Waals surface area contributed by atoms with E-state index in [0.29, 0.717) is 22.4 Å². The highest BCUT2D eigenvalue weighted by Crippen LogP contribution is 2.30. The first-order valence-electron chi connectivity index (χ1n) is 10.5. The van der Waals surface area contributed by atoms with E-state index in [1.165, 1.54) is 12.1 Å². The van der Waals surface area contributed by atoms with Gasteiger partial charge in [-0.3, -0.25) is 4.79 Å². The van der Waals surface area contributed by atoms with Crippen LogP contribution in [0, 0.1) is 20.8 Å². The molecular formula is C26H25NO4S. The Hall–Kier alpha value is -3.38. The largest absolute Gasteiger partial charge is 0.378 e. The average Bonchev–Trinajstić information content (AvgIpc) is 3.14. The molecule has 0 atom stereocenters. The van der Waals surface area contributed by atoms with Crippen LogP contribution in [0.3, 0.4) is 0 Å². The van der Waals surface area contributed by atoms with Gasteiger partial charge in [0.15, 0.2) is 0 Å². The van der Waals surface area contributed by atoms with Gasteiger partial charge in [-0.1, -0.05) is 30.7 Å². The average molecular weight is 448 g/mol. The molecule has 32 heavy (non-hydrogen) atoms. The molecule has 0 saturated heterocycles. The summed E-state index contributed by atoms with van der Waals surface area (Å²) in [5.74, 6) is 0.144. The summed E-state index contributed by atoms with van der Waals surface area (Å²) < 4.78 is 32.9. The number of pyridine rings is 1. The standard InChI is InChI=1S/C26H25NO4S/c1-5-20-16-22-8-6-7-13-27(22)24(20)25(28)21-14-18(3)26(19(4)15-21)31-32(29,30)23-11-9-17(2)10-12-23/h6-16H,5H2,1-4H3. The fourth-order valence-electron chi connectivity index (χ4n) is 3.92. The molecule has 164 valence electrons. The monoisotopic (exact) mass is 447 g/mol. The molecule has 0 spiro atoms. The molecule has 4 rings (SSSR count). The normalized spacial score (nSPS) is 11.6. The van der Waals surface area contributed by atoms with E-state index < -0.39 is 10.1 Å². The van der Waals surface area contributed by atoms with Crippen molar-refractivity contribution in [2.45, 2.75) is 39.0 Å². The smallest absolute Gasteiger partial charge is 0.339 e. The van der Waals surface area contributed by atoms with Gasteiger partial charge in [-0.05, 0) is 86.3 Å². The Bertz CT molecular complexity index is 1410. The molecule has 0 bridgehead atoms. The Morgan fingerprint density at radius 2 is 1.59 bits per heavy atom. The molecular weight excluding hydrogens is 422 g/mol. The van der Waals surface area contributed by atoms with Gasteiger partial charge in [0.25, 0.3) is 0 Å².